The number of thiocarbonyl (C=S) groups is 1. The molecule has 1 heterocycles. The van der Waals surface area contributed by atoms with Crippen LogP contribution in [0.1, 0.15) is 24.2 Å². The van der Waals surface area contributed by atoms with Gasteiger partial charge in [0.05, 0.1) is 32.1 Å². The minimum absolute atomic E-state index is 0.0539. The zero-order valence-corrected chi connectivity index (χ0v) is 20.8. The Morgan fingerprint density at radius 2 is 1.79 bits per heavy atom. The van der Waals surface area contributed by atoms with E-state index in [1.807, 2.05) is 38.1 Å². The average molecular weight is 516 g/mol. The van der Waals surface area contributed by atoms with Crippen LogP contribution in [-0.4, -0.2) is 22.1 Å². The summed E-state index contributed by atoms with van der Waals surface area (Å²) < 4.78 is 6.66. The van der Waals surface area contributed by atoms with Crippen LogP contribution in [0, 0.1) is 0 Å². The number of carbonyl (C=O) groups is 1. The Balaban J connectivity index is 1.49. The van der Waals surface area contributed by atoms with Gasteiger partial charge in [0.1, 0.15) is 10.8 Å². The van der Waals surface area contributed by atoms with E-state index in [1.165, 1.54) is 11.3 Å². The average Bonchev–Trinajstić information content (AvgIpc) is 3.19. The van der Waals surface area contributed by atoms with Crippen molar-refractivity contribution in [3.63, 3.8) is 0 Å². The van der Waals surface area contributed by atoms with Crippen molar-refractivity contribution in [2.45, 2.75) is 20.0 Å². The van der Waals surface area contributed by atoms with Crippen LogP contribution < -0.4 is 15.4 Å². The number of ether oxygens (including phenoxy) is 1. The third kappa shape index (κ3) is 5.62. The van der Waals surface area contributed by atoms with Gasteiger partial charge in [-0.1, -0.05) is 35.3 Å². The van der Waals surface area contributed by atoms with Crippen LogP contribution in [0.2, 0.25) is 10.0 Å². The summed E-state index contributed by atoms with van der Waals surface area (Å²) in [4.78, 5) is 17.2. The van der Waals surface area contributed by atoms with Gasteiger partial charge in [0.15, 0.2) is 5.11 Å². The molecular formula is C24H19Cl2N3O2S2. The standard InChI is InChI=1S/C24H19Cl2N3O2S2/c1-13(2)31-15-9-7-14(8-10-15)22(30)29-24(32)28-20-11-16(17(25)12-18(20)26)23-27-19-5-3-4-6-21(19)33-23/h3-13H,1-2H3,(H2,28,29,30,32). The van der Waals surface area contributed by atoms with E-state index in [2.05, 4.69) is 15.6 Å². The molecule has 1 aromatic heterocycles. The monoisotopic (exact) mass is 515 g/mol. The maximum atomic E-state index is 12.6. The van der Waals surface area contributed by atoms with Crippen LogP contribution in [0.15, 0.2) is 60.7 Å². The second-order valence-electron chi connectivity index (χ2n) is 7.40. The van der Waals surface area contributed by atoms with Gasteiger partial charge in [0.25, 0.3) is 5.91 Å². The Hall–Kier alpha value is -2.71. The molecule has 4 aromatic rings. The summed E-state index contributed by atoms with van der Waals surface area (Å²) in [6.07, 6.45) is 0.0539. The number of nitrogens with zero attached hydrogens (tertiary/aromatic N) is 1. The Kier molecular flexibility index (Phi) is 7.14. The molecule has 0 spiro atoms. The lowest BCUT2D eigenvalue weighted by Crippen LogP contribution is -2.34. The number of thiazole rings is 1. The summed E-state index contributed by atoms with van der Waals surface area (Å²) in [6, 6.07) is 18.1. The highest BCUT2D eigenvalue weighted by Crippen LogP contribution is 2.38. The SMILES string of the molecule is CC(C)Oc1ccc(C(=O)NC(=S)Nc2cc(-c3nc4ccccc4s3)c(Cl)cc2Cl)cc1. The topological polar surface area (TPSA) is 63.2 Å². The maximum absolute atomic E-state index is 12.6. The number of rotatable bonds is 5. The van der Waals surface area contributed by atoms with Crippen LogP contribution in [0.5, 0.6) is 5.75 Å². The number of hydrogen-bond donors (Lipinski definition) is 2. The van der Waals surface area contributed by atoms with Crippen molar-refractivity contribution in [2.24, 2.45) is 0 Å². The number of carbonyl (C=O) groups excluding carboxylic acids is 1. The van der Waals surface area contributed by atoms with Gasteiger partial charge in [-0.25, -0.2) is 4.98 Å². The third-order valence-corrected chi connectivity index (χ3v) is 6.44. The lowest BCUT2D eigenvalue weighted by atomic mass is 10.2. The van der Waals surface area contributed by atoms with E-state index in [1.54, 1.807) is 36.4 Å². The number of para-hydroxylation sites is 1. The molecule has 0 unspecified atom stereocenters. The molecule has 0 radical (unpaired) electrons. The number of hydrogen-bond acceptors (Lipinski definition) is 5. The number of nitrogens with one attached hydrogen (secondary N) is 2. The molecule has 0 saturated heterocycles. The minimum atomic E-state index is -0.347. The second-order valence-corrected chi connectivity index (χ2v) is 9.65. The van der Waals surface area contributed by atoms with Crippen molar-refractivity contribution >= 4 is 73.7 Å². The highest BCUT2D eigenvalue weighted by atomic mass is 35.5. The summed E-state index contributed by atoms with van der Waals surface area (Å²) >= 11 is 19.7. The number of benzene rings is 3. The summed E-state index contributed by atoms with van der Waals surface area (Å²) in [5, 5.41) is 7.37. The summed E-state index contributed by atoms with van der Waals surface area (Å²) in [5.74, 6) is 0.345. The van der Waals surface area contributed by atoms with Gasteiger partial charge in [-0.2, -0.15) is 0 Å². The summed E-state index contributed by atoms with van der Waals surface area (Å²) in [6.45, 7) is 3.88. The highest BCUT2D eigenvalue weighted by molar-refractivity contribution is 7.80. The number of amides is 1. The summed E-state index contributed by atoms with van der Waals surface area (Å²) in [7, 11) is 0. The number of halogens is 2. The van der Waals surface area contributed by atoms with E-state index < -0.39 is 0 Å². The number of aromatic nitrogens is 1. The lowest BCUT2D eigenvalue weighted by molar-refractivity contribution is 0.0977. The first-order chi connectivity index (χ1) is 15.8. The molecule has 0 saturated carbocycles. The molecule has 0 aliphatic carbocycles. The van der Waals surface area contributed by atoms with E-state index in [4.69, 9.17) is 40.2 Å². The molecular weight excluding hydrogens is 497 g/mol. The molecule has 0 aliphatic rings. The fraction of sp³-hybridized carbons (Fsp3) is 0.125. The van der Waals surface area contributed by atoms with E-state index in [9.17, 15) is 4.79 Å². The Bertz CT molecular complexity index is 1300. The molecule has 3 aromatic carbocycles. The molecule has 168 valence electrons. The fourth-order valence-electron chi connectivity index (χ4n) is 3.08. The predicted octanol–water partition coefficient (Wildman–Crippen LogP) is 7.18. The smallest absolute Gasteiger partial charge is 0.257 e. The Morgan fingerprint density at radius 1 is 1.06 bits per heavy atom. The molecule has 9 heteroatoms. The fourth-order valence-corrected chi connectivity index (χ4v) is 4.86. The van der Waals surface area contributed by atoms with E-state index in [0.29, 0.717) is 27.0 Å². The largest absolute Gasteiger partial charge is 0.491 e. The predicted molar refractivity (Wildman–Crippen MR) is 141 cm³/mol. The van der Waals surface area contributed by atoms with Gasteiger partial charge < -0.3 is 10.1 Å². The zero-order chi connectivity index (χ0) is 23.5. The lowest BCUT2D eigenvalue weighted by Gasteiger charge is -2.13. The molecule has 0 bridgehead atoms. The highest BCUT2D eigenvalue weighted by Gasteiger charge is 2.15. The molecule has 2 N–H and O–H groups in total. The van der Waals surface area contributed by atoms with Crippen LogP contribution in [-0.2, 0) is 0 Å². The first-order valence-electron chi connectivity index (χ1n) is 10.0. The van der Waals surface area contributed by atoms with Gasteiger partial charge in [-0.05, 0) is 74.6 Å². The normalized spacial score (nSPS) is 10.9. The van der Waals surface area contributed by atoms with Crippen LogP contribution >= 0.6 is 46.8 Å². The molecule has 0 aliphatic heterocycles. The van der Waals surface area contributed by atoms with E-state index >= 15 is 0 Å². The van der Waals surface area contributed by atoms with E-state index in [-0.39, 0.29) is 17.1 Å². The molecule has 5 nitrogen and oxygen atoms in total. The molecule has 1 amide bonds. The van der Waals surface area contributed by atoms with Crippen molar-refractivity contribution in [3.05, 3.63) is 76.3 Å². The third-order valence-electron chi connectivity index (χ3n) is 4.54. The molecule has 0 atom stereocenters. The first kappa shape index (κ1) is 23.4. The van der Waals surface area contributed by atoms with E-state index in [0.717, 1.165) is 20.8 Å². The molecule has 4 rings (SSSR count). The van der Waals surface area contributed by atoms with Gasteiger partial charge in [-0.15, -0.1) is 11.3 Å². The van der Waals surface area contributed by atoms with Gasteiger partial charge in [0, 0.05) is 11.1 Å². The van der Waals surface area contributed by atoms with Crippen LogP contribution in [0.4, 0.5) is 5.69 Å². The Labute approximate surface area is 210 Å². The molecule has 33 heavy (non-hydrogen) atoms. The van der Waals surface area contributed by atoms with Crippen molar-refractivity contribution in [1.82, 2.24) is 10.3 Å². The first-order valence-corrected chi connectivity index (χ1v) is 12.0. The van der Waals surface area contributed by atoms with Crippen molar-refractivity contribution in [3.8, 4) is 16.3 Å². The van der Waals surface area contributed by atoms with Gasteiger partial charge >= 0.3 is 0 Å². The van der Waals surface area contributed by atoms with Gasteiger partial charge in [-0.3, -0.25) is 10.1 Å². The number of fused-ring (bicyclic) bond motifs is 1. The number of anilines is 1. The van der Waals surface area contributed by atoms with Gasteiger partial charge in [0.2, 0.25) is 0 Å². The quantitative estimate of drug-likeness (QED) is 0.275. The van der Waals surface area contributed by atoms with Crippen LogP contribution in [0.25, 0.3) is 20.8 Å². The summed E-state index contributed by atoms with van der Waals surface area (Å²) in [5.41, 5.74) is 2.58. The van der Waals surface area contributed by atoms with Crippen molar-refractivity contribution in [2.75, 3.05) is 5.32 Å². The van der Waals surface area contributed by atoms with Crippen molar-refractivity contribution in [1.29, 1.82) is 0 Å². The zero-order valence-electron chi connectivity index (χ0n) is 17.7. The second kappa shape index (κ2) is 10.1. The molecule has 0 fully saturated rings. The maximum Gasteiger partial charge on any atom is 0.257 e. The van der Waals surface area contributed by atoms with Crippen LogP contribution in [0.3, 0.4) is 0 Å². The Morgan fingerprint density at radius 3 is 2.48 bits per heavy atom. The minimum Gasteiger partial charge on any atom is -0.491 e. The van der Waals surface area contributed by atoms with Crippen molar-refractivity contribution < 1.29 is 9.53 Å².